The van der Waals surface area contributed by atoms with Gasteiger partial charge in [0.05, 0.1) is 0 Å². The van der Waals surface area contributed by atoms with Gasteiger partial charge in [-0.2, -0.15) is 0 Å². The van der Waals surface area contributed by atoms with E-state index in [9.17, 15) is 4.79 Å². The van der Waals surface area contributed by atoms with Gasteiger partial charge in [-0.25, -0.2) is 4.79 Å². The van der Waals surface area contributed by atoms with Crippen LogP contribution in [-0.2, 0) is 9.53 Å². The molecule has 0 aromatic carbocycles. The minimum absolute atomic E-state index is 0.233. The molecule has 0 aliphatic carbocycles. The SMILES string of the molecule is C=C(C)C(=O)OC(CC)(CC)CCCCCO. The van der Waals surface area contributed by atoms with Crippen molar-refractivity contribution in [2.75, 3.05) is 6.61 Å². The highest BCUT2D eigenvalue weighted by atomic mass is 16.6. The Bertz CT molecular complexity index is 242. The van der Waals surface area contributed by atoms with Crippen molar-refractivity contribution in [1.29, 1.82) is 0 Å². The Labute approximate surface area is 105 Å². The third kappa shape index (κ3) is 5.87. The number of unbranched alkanes of at least 4 members (excludes halogenated alkanes) is 2. The number of hydrogen-bond donors (Lipinski definition) is 1. The van der Waals surface area contributed by atoms with Crippen LogP contribution < -0.4 is 0 Å². The molecule has 0 radical (unpaired) electrons. The van der Waals surface area contributed by atoms with Gasteiger partial charge in [0.2, 0.25) is 0 Å². The number of carbonyl (C=O) groups is 1. The molecule has 100 valence electrons. The molecule has 0 spiro atoms. The zero-order chi connectivity index (χ0) is 13.3. The van der Waals surface area contributed by atoms with E-state index in [1.807, 2.05) is 13.8 Å². The molecular weight excluding hydrogens is 216 g/mol. The van der Waals surface area contributed by atoms with Crippen molar-refractivity contribution in [2.45, 2.75) is 64.9 Å². The van der Waals surface area contributed by atoms with Gasteiger partial charge in [0.25, 0.3) is 0 Å². The quantitative estimate of drug-likeness (QED) is 0.383. The van der Waals surface area contributed by atoms with Gasteiger partial charge in [-0.3, -0.25) is 0 Å². The summed E-state index contributed by atoms with van der Waals surface area (Å²) in [5.74, 6) is -0.296. The number of aliphatic hydroxyl groups excluding tert-OH is 1. The molecule has 0 rings (SSSR count). The molecule has 0 saturated heterocycles. The highest BCUT2D eigenvalue weighted by Crippen LogP contribution is 2.28. The van der Waals surface area contributed by atoms with E-state index in [2.05, 4.69) is 6.58 Å². The molecule has 0 bridgehead atoms. The highest BCUT2D eigenvalue weighted by Gasteiger charge is 2.30. The molecule has 0 aromatic heterocycles. The van der Waals surface area contributed by atoms with Gasteiger partial charge >= 0.3 is 5.97 Å². The molecule has 0 amide bonds. The van der Waals surface area contributed by atoms with Crippen molar-refractivity contribution >= 4 is 5.97 Å². The second kappa shape index (κ2) is 8.29. The van der Waals surface area contributed by atoms with Gasteiger partial charge in [-0.05, 0) is 39.0 Å². The van der Waals surface area contributed by atoms with E-state index in [4.69, 9.17) is 9.84 Å². The van der Waals surface area contributed by atoms with Crippen LogP contribution in [0.4, 0.5) is 0 Å². The van der Waals surface area contributed by atoms with E-state index in [-0.39, 0.29) is 18.2 Å². The predicted molar refractivity (Wildman–Crippen MR) is 69.8 cm³/mol. The van der Waals surface area contributed by atoms with E-state index in [1.54, 1.807) is 6.92 Å². The van der Waals surface area contributed by atoms with Crippen molar-refractivity contribution in [1.82, 2.24) is 0 Å². The minimum Gasteiger partial charge on any atom is -0.456 e. The van der Waals surface area contributed by atoms with Crippen LogP contribution in [-0.4, -0.2) is 23.3 Å². The normalized spacial score (nSPS) is 11.3. The van der Waals surface area contributed by atoms with Gasteiger partial charge in [0, 0.05) is 12.2 Å². The largest absolute Gasteiger partial charge is 0.456 e. The summed E-state index contributed by atoms with van der Waals surface area (Å²) in [5, 5.41) is 8.73. The third-order valence-corrected chi connectivity index (χ3v) is 3.24. The molecule has 0 atom stereocenters. The lowest BCUT2D eigenvalue weighted by Crippen LogP contribution is -2.34. The van der Waals surface area contributed by atoms with Gasteiger partial charge in [-0.1, -0.05) is 26.8 Å². The maximum atomic E-state index is 11.6. The first-order valence-electron chi connectivity index (χ1n) is 6.51. The second-order valence-electron chi connectivity index (χ2n) is 4.59. The van der Waals surface area contributed by atoms with Crippen molar-refractivity contribution in [3.8, 4) is 0 Å². The Morgan fingerprint density at radius 2 is 1.82 bits per heavy atom. The lowest BCUT2D eigenvalue weighted by Gasteiger charge is -2.31. The van der Waals surface area contributed by atoms with Crippen molar-refractivity contribution in [2.24, 2.45) is 0 Å². The lowest BCUT2D eigenvalue weighted by atomic mass is 9.90. The minimum atomic E-state index is -0.356. The summed E-state index contributed by atoms with van der Waals surface area (Å²) in [6, 6.07) is 0. The summed E-state index contributed by atoms with van der Waals surface area (Å²) in [6.45, 7) is 9.60. The summed E-state index contributed by atoms with van der Waals surface area (Å²) in [7, 11) is 0. The Hall–Kier alpha value is -0.830. The third-order valence-electron chi connectivity index (χ3n) is 3.24. The summed E-state index contributed by atoms with van der Waals surface area (Å²) in [6.07, 6.45) is 5.27. The predicted octanol–water partition coefficient (Wildman–Crippen LogP) is 3.22. The summed E-state index contributed by atoms with van der Waals surface area (Å²) in [5.41, 5.74) is 0.0949. The number of hydrogen-bond acceptors (Lipinski definition) is 3. The fourth-order valence-corrected chi connectivity index (χ4v) is 1.82. The zero-order valence-corrected chi connectivity index (χ0v) is 11.4. The van der Waals surface area contributed by atoms with E-state index in [0.29, 0.717) is 5.57 Å². The Morgan fingerprint density at radius 3 is 2.24 bits per heavy atom. The van der Waals surface area contributed by atoms with Crippen LogP contribution in [0.2, 0.25) is 0 Å². The van der Waals surface area contributed by atoms with Crippen LogP contribution in [0.25, 0.3) is 0 Å². The van der Waals surface area contributed by atoms with E-state index in [1.165, 1.54) is 0 Å². The fraction of sp³-hybridized carbons (Fsp3) is 0.786. The van der Waals surface area contributed by atoms with Gasteiger partial charge in [-0.15, -0.1) is 0 Å². The van der Waals surface area contributed by atoms with Crippen molar-refractivity contribution < 1.29 is 14.6 Å². The first-order chi connectivity index (χ1) is 8.01. The van der Waals surface area contributed by atoms with E-state index in [0.717, 1.165) is 38.5 Å². The standard InChI is InChI=1S/C14H26O3/c1-5-14(6-2,10-8-7-9-11-15)17-13(16)12(3)4/h15H,3,5-11H2,1-2,4H3. The van der Waals surface area contributed by atoms with E-state index >= 15 is 0 Å². The number of esters is 1. The summed E-state index contributed by atoms with van der Waals surface area (Å²) in [4.78, 5) is 11.6. The molecule has 1 N–H and O–H groups in total. The number of rotatable bonds is 9. The molecular formula is C14H26O3. The molecule has 17 heavy (non-hydrogen) atoms. The summed E-state index contributed by atoms with van der Waals surface area (Å²) >= 11 is 0. The first-order valence-corrected chi connectivity index (χ1v) is 6.51. The average molecular weight is 242 g/mol. The monoisotopic (exact) mass is 242 g/mol. The maximum absolute atomic E-state index is 11.6. The van der Waals surface area contributed by atoms with Crippen molar-refractivity contribution in [3.63, 3.8) is 0 Å². The van der Waals surface area contributed by atoms with E-state index < -0.39 is 0 Å². The van der Waals surface area contributed by atoms with Crippen LogP contribution >= 0.6 is 0 Å². The molecule has 0 heterocycles. The van der Waals surface area contributed by atoms with Gasteiger partial charge < -0.3 is 9.84 Å². The molecule has 0 saturated carbocycles. The van der Waals surface area contributed by atoms with Crippen LogP contribution in [0.3, 0.4) is 0 Å². The highest BCUT2D eigenvalue weighted by molar-refractivity contribution is 5.87. The Morgan fingerprint density at radius 1 is 1.24 bits per heavy atom. The molecule has 0 fully saturated rings. The van der Waals surface area contributed by atoms with Gasteiger partial charge in [0.15, 0.2) is 0 Å². The zero-order valence-electron chi connectivity index (χ0n) is 11.4. The van der Waals surface area contributed by atoms with Crippen LogP contribution in [0.1, 0.15) is 59.3 Å². The molecule has 3 heteroatoms. The second-order valence-corrected chi connectivity index (χ2v) is 4.59. The number of carbonyl (C=O) groups excluding carboxylic acids is 1. The number of ether oxygens (including phenoxy) is 1. The molecule has 0 aliphatic heterocycles. The topological polar surface area (TPSA) is 46.5 Å². The number of aliphatic hydroxyl groups is 1. The Balaban J connectivity index is 4.34. The molecule has 0 aromatic rings. The van der Waals surface area contributed by atoms with Crippen LogP contribution in [0.15, 0.2) is 12.2 Å². The molecule has 3 nitrogen and oxygen atoms in total. The molecule has 0 unspecified atom stereocenters. The lowest BCUT2D eigenvalue weighted by molar-refractivity contribution is -0.156. The maximum Gasteiger partial charge on any atom is 0.333 e. The average Bonchev–Trinajstić information content (AvgIpc) is 2.33. The first kappa shape index (κ1) is 16.2. The summed E-state index contributed by atoms with van der Waals surface area (Å²) < 4.78 is 5.58. The van der Waals surface area contributed by atoms with Gasteiger partial charge in [0.1, 0.15) is 5.60 Å². The van der Waals surface area contributed by atoms with Crippen LogP contribution in [0, 0.1) is 0 Å². The fourth-order valence-electron chi connectivity index (χ4n) is 1.82. The van der Waals surface area contributed by atoms with Crippen LogP contribution in [0.5, 0.6) is 0 Å². The smallest absolute Gasteiger partial charge is 0.333 e. The Kier molecular flexibility index (Phi) is 7.88. The van der Waals surface area contributed by atoms with Crippen molar-refractivity contribution in [3.05, 3.63) is 12.2 Å². The molecule has 0 aliphatic rings.